The Morgan fingerprint density at radius 3 is 3.00 bits per heavy atom. The third kappa shape index (κ3) is 3.59. The summed E-state index contributed by atoms with van der Waals surface area (Å²) in [5.74, 6) is 5.91. The standard InChI is InChI=1S/C10H11NO2/c1-13-7-3-2-4-9-5-6-10(12)8-11-9/h5-6,8,12H,3,7H2,1H3. The molecule has 0 aliphatic heterocycles. The lowest BCUT2D eigenvalue weighted by Crippen LogP contribution is -1.85. The molecular weight excluding hydrogens is 166 g/mol. The molecule has 0 fully saturated rings. The molecule has 0 radical (unpaired) electrons. The molecule has 3 heteroatoms. The van der Waals surface area contributed by atoms with Crippen molar-refractivity contribution in [3.05, 3.63) is 24.0 Å². The Bertz CT molecular complexity index is 308. The maximum Gasteiger partial charge on any atom is 0.133 e. The van der Waals surface area contributed by atoms with E-state index in [9.17, 15) is 0 Å². The van der Waals surface area contributed by atoms with Gasteiger partial charge in [0.05, 0.1) is 12.8 Å². The van der Waals surface area contributed by atoms with Crippen LogP contribution in [0.15, 0.2) is 18.3 Å². The van der Waals surface area contributed by atoms with Gasteiger partial charge in [-0.15, -0.1) is 0 Å². The summed E-state index contributed by atoms with van der Waals surface area (Å²) in [4.78, 5) is 3.91. The van der Waals surface area contributed by atoms with Gasteiger partial charge in [0.15, 0.2) is 0 Å². The molecule has 3 nitrogen and oxygen atoms in total. The van der Waals surface area contributed by atoms with Gasteiger partial charge in [0.25, 0.3) is 0 Å². The van der Waals surface area contributed by atoms with Crippen molar-refractivity contribution in [2.24, 2.45) is 0 Å². The van der Waals surface area contributed by atoms with Crippen LogP contribution in [0.2, 0.25) is 0 Å². The monoisotopic (exact) mass is 177 g/mol. The van der Waals surface area contributed by atoms with Crippen molar-refractivity contribution in [3.8, 4) is 17.6 Å². The van der Waals surface area contributed by atoms with E-state index >= 15 is 0 Å². The highest BCUT2D eigenvalue weighted by atomic mass is 16.5. The maximum atomic E-state index is 8.94. The van der Waals surface area contributed by atoms with E-state index in [1.54, 1.807) is 19.2 Å². The SMILES string of the molecule is COCCC#Cc1ccc(O)cn1. The first-order valence-electron chi connectivity index (χ1n) is 3.96. The second-order valence-corrected chi connectivity index (χ2v) is 2.45. The van der Waals surface area contributed by atoms with Crippen LogP contribution >= 0.6 is 0 Å². The highest BCUT2D eigenvalue weighted by Gasteiger charge is 1.88. The summed E-state index contributed by atoms with van der Waals surface area (Å²) < 4.78 is 4.84. The van der Waals surface area contributed by atoms with E-state index in [-0.39, 0.29) is 5.75 Å². The number of aromatic nitrogens is 1. The molecule has 0 aromatic carbocycles. The minimum absolute atomic E-state index is 0.155. The van der Waals surface area contributed by atoms with Crippen molar-refractivity contribution in [3.63, 3.8) is 0 Å². The number of hydrogen-bond acceptors (Lipinski definition) is 3. The highest BCUT2D eigenvalue weighted by molar-refractivity contribution is 5.30. The van der Waals surface area contributed by atoms with Gasteiger partial charge < -0.3 is 9.84 Å². The van der Waals surface area contributed by atoms with Crippen LogP contribution < -0.4 is 0 Å². The Balaban J connectivity index is 2.52. The summed E-state index contributed by atoms with van der Waals surface area (Å²) in [6.45, 7) is 0.630. The van der Waals surface area contributed by atoms with Crippen molar-refractivity contribution in [2.75, 3.05) is 13.7 Å². The molecule has 0 atom stereocenters. The zero-order valence-corrected chi connectivity index (χ0v) is 7.45. The van der Waals surface area contributed by atoms with Crippen LogP contribution in [0.3, 0.4) is 0 Å². The second-order valence-electron chi connectivity index (χ2n) is 2.45. The fourth-order valence-corrected chi connectivity index (χ4v) is 0.766. The predicted octanol–water partition coefficient (Wildman–Crippen LogP) is 1.18. The average molecular weight is 177 g/mol. The number of ether oxygens (including phenoxy) is 1. The van der Waals surface area contributed by atoms with Crippen molar-refractivity contribution in [2.45, 2.75) is 6.42 Å². The number of rotatable bonds is 2. The average Bonchev–Trinajstić information content (AvgIpc) is 2.15. The molecule has 0 saturated carbocycles. The number of pyridine rings is 1. The summed E-state index contributed by atoms with van der Waals surface area (Å²) in [5, 5.41) is 8.94. The normalized spacial score (nSPS) is 9.00. The molecular formula is C10H11NO2. The highest BCUT2D eigenvalue weighted by Crippen LogP contribution is 2.04. The van der Waals surface area contributed by atoms with Gasteiger partial charge in [-0.2, -0.15) is 0 Å². The lowest BCUT2D eigenvalue weighted by molar-refractivity contribution is 0.206. The maximum absolute atomic E-state index is 8.94. The fourth-order valence-electron chi connectivity index (χ4n) is 0.766. The summed E-state index contributed by atoms with van der Waals surface area (Å²) in [7, 11) is 1.64. The van der Waals surface area contributed by atoms with Gasteiger partial charge in [-0.1, -0.05) is 5.92 Å². The second kappa shape index (κ2) is 5.18. The summed E-state index contributed by atoms with van der Waals surface area (Å²) in [6, 6.07) is 3.24. The lowest BCUT2D eigenvalue weighted by atomic mass is 10.3. The Morgan fingerprint density at radius 2 is 2.38 bits per heavy atom. The molecule has 0 aliphatic rings. The Kier molecular flexibility index (Phi) is 3.80. The molecule has 0 saturated heterocycles. The van der Waals surface area contributed by atoms with Gasteiger partial charge >= 0.3 is 0 Å². The first-order chi connectivity index (χ1) is 6.33. The Labute approximate surface area is 77.4 Å². The van der Waals surface area contributed by atoms with Gasteiger partial charge in [0.2, 0.25) is 0 Å². The first kappa shape index (κ1) is 9.56. The van der Waals surface area contributed by atoms with Crippen LogP contribution in [0.25, 0.3) is 0 Å². The molecule has 0 bridgehead atoms. The van der Waals surface area contributed by atoms with Crippen molar-refractivity contribution in [1.82, 2.24) is 4.98 Å². The van der Waals surface area contributed by atoms with Gasteiger partial charge in [-0.3, -0.25) is 0 Å². The quantitative estimate of drug-likeness (QED) is 0.544. The number of aromatic hydroxyl groups is 1. The van der Waals surface area contributed by atoms with Crippen LogP contribution in [0.4, 0.5) is 0 Å². The number of nitrogens with zero attached hydrogens (tertiary/aromatic N) is 1. The minimum atomic E-state index is 0.155. The first-order valence-corrected chi connectivity index (χ1v) is 3.96. The number of methoxy groups -OCH3 is 1. The predicted molar refractivity (Wildman–Crippen MR) is 49.3 cm³/mol. The van der Waals surface area contributed by atoms with Crippen LogP contribution in [-0.4, -0.2) is 23.8 Å². The lowest BCUT2D eigenvalue weighted by Gasteiger charge is -1.90. The van der Waals surface area contributed by atoms with Crippen molar-refractivity contribution < 1.29 is 9.84 Å². The van der Waals surface area contributed by atoms with Crippen molar-refractivity contribution in [1.29, 1.82) is 0 Å². The van der Waals surface area contributed by atoms with Crippen LogP contribution in [0.5, 0.6) is 5.75 Å². The Hall–Kier alpha value is -1.53. The molecule has 1 N–H and O–H groups in total. The van der Waals surface area contributed by atoms with E-state index < -0.39 is 0 Å². The molecule has 13 heavy (non-hydrogen) atoms. The van der Waals surface area contributed by atoms with E-state index in [4.69, 9.17) is 9.84 Å². The van der Waals surface area contributed by atoms with E-state index in [0.717, 1.165) is 0 Å². The third-order valence-electron chi connectivity index (χ3n) is 1.40. The topological polar surface area (TPSA) is 42.4 Å². The van der Waals surface area contributed by atoms with E-state index in [1.807, 2.05) is 0 Å². The molecule has 0 unspecified atom stereocenters. The third-order valence-corrected chi connectivity index (χ3v) is 1.40. The zero-order chi connectivity index (χ0) is 9.52. The van der Waals surface area contributed by atoms with Gasteiger partial charge in [0, 0.05) is 13.5 Å². The molecule has 1 aromatic rings. The molecule has 0 spiro atoms. The number of hydrogen-bond donors (Lipinski definition) is 1. The molecule has 0 aliphatic carbocycles. The zero-order valence-electron chi connectivity index (χ0n) is 7.45. The van der Waals surface area contributed by atoms with Crippen LogP contribution in [0, 0.1) is 11.8 Å². The molecule has 68 valence electrons. The van der Waals surface area contributed by atoms with Gasteiger partial charge in [-0.25, -0.2) is 4.98 Å². The Morgan fingerprint density at radius 1 is 1.54 bits per heavy atom. The van der Waals surface area contributed by atoms with E-state index in [0.29, 0.717) is 18.7 Å². The molecule has 1 rings (SSSR count). The van der Waals surface area contributed by atoms with Crippen LogP contribution in [0.1, 0.15) is 12.1 Å². The molecule has 0 amide bonds. The molecule has 1 aromatic heterocycles. The van der Waals surface area contributed by atoms with Gasteiger partial charge in [0.1, 0.15) is 11.4 Å². The van der Waals surface area contributed by atoms with Crippen LogP contribution in [-0.2, 0) is 4.74 Å². The van der Waals surface area contributed by atoms with E-state index in [2.05, 4.69) is 16.8 Å². The smallest absolute Gasteiger partial charge is 0.133 e. The summed E-state index contributed by atoms with van der Waals surface area (Å²) in [5.41, 5.74) is 0.661. The fraction of sp³-hybridized carbons (Fsp3) is 0.300. The summed E-state index contributed by atoms with van der Waals surface area (Å²) in [6.07, 6.45) is 2.07. The minimum Gasteiger partial charge on any atom is -0.506 e. The van der Waals surface area contributed by atoms with Crippen molar-refractivity contribution >= 4 is 0 Å². The summed E-state index contributed by atoms with van der Waals surface area (Å²) >= 11 is 0. The molecule has 1 heterocycles. The largest absolute Gasteiger partial charge is 0.506 e. The van der Waals surface area contributed by atoms with E-state index in [1.165, 1.54) is 6.20 Å². The van der Waals surface area contributed by atoms with Gasteiger partial charge in [-0.05, 0) is 18.1 Å².